The summed E-state index contributed by atoms with van der Waals surface area (Å²) in [6, 6.07) is 0. The predicted octanol–water partition coefficient (Wildman–Crippen LogP) is 0.257. The molecule has 0 aliphatic rings. The summed E-state index contributed by atoms with van der Waals surface area (Å²) >= 11 is 0. The molecule has 0 atom stereocenters. The molecular formula is C13H16F3N5O2. The van der Waals surface area contributed by atoms with E-state index in [9.17, 15) is 22.8 Å². The number of amides is 1. The van der Waals surface area contributed by atoms with Crippen molar-refractivity contribution in [2.75, 3.05) is 26.7 Å². The lowest BCUT2D eigenvalue weighted by molar-refractivity contribution is -0.142. The number of aromatic nitrogens is 3. The number of likely N-dealkylation sites (N-methyl/N-ethyl adjacent to an activating group) is 1. The molecule has 7 nitrogen and oxygen atoms in total. The zero-order valence-corrected chi connectivity index (χ0v) is 12.6. The summed E-state index contributed by atoms with van der Waals surface area (Å²) in [5, 5.41) is 2.48. The van der Waals surface area contributed by atoms with Crippen LogP contribution >= 0.6 is 0 Å². The quantitative estimate of drug-likeness (QED) is 0.853. The number of fused-ring (bicyclic) bond motifs is 1. The van der Waals surface area contributed by atoms with Crippen LogP contribution in [-0.4, -0.2) is 57.6 Å². The Kier molecular flexibility index (Phi) is 4.73. The maximum absolute atomic E-state index is 12.2. The Balaban J connectivity index is 1.96. The van der Waals surface area contributed by atoms with E-state index < -0.39 is 18.6 Å². The average Bonchev–Trinajstić information content (AvgIpc) is 2.86. The highest BCUT2D eigenvalue weighted by atomic mass is 19.4. The minimum atomic E-state index is -4.28. The summed E-state index contributed by atoms with van der Waals surface area (Å²) < 4.78 is 39.3. The lowest BCUT2D eigenvalue weighted by atomic mass is 10.4. The van der Waals surface area contributed by atoms with Gasteiger partial charge in [-0.25, -0.2) is 4.98 Å². The van der Waals surface area contributed by atoms with E-state index in [0.717, 1.165) is 4.90 Å². The Morgan fingerprint density at radius 2 is 2.09 bits per heavy atom. The number of hydrogen-bond acceptors (Lipinski definition) is 4. The van der Waals surface area contributed by atoms with Crippen molar-refractivity contribution in [1.82, 2.24) is 24.2 Å². The van der Waals surface area contributed by atoms with Gasteiger partial charge in [-0.2, -0.15) is 13.2 Å². The summed E-state index contributed by atoms with van der Waals surface area (Å²) in [6.07, 6.45) is 0.230. The molecule has 10 heteroatoms. The molecule has 2 heterocycles. The number of halogens is 3. The van der Waals surface area contributed by atoms with Crippen molar-refractivity contribution in [3.05, 3.63) is 34.6 Å². The Morgan fingerprint density at radius 1 is 1.39 bits per heavy atom. The first-order chi connectivity index (χ1) is 10.7. The summed E-state index contributed by atoms with van der Waals surface area (Å²) in [4.78, 5) is 28.8. The topological polar surface area (TPSA) is 71.6 Å². The first kappa shape index (κ1) is 17.0. The number of rotatable bonds is 5. The largest absolute Gasteiger partial charge is 0.401 e. The maximum Gasteiger partial charge on any atom is 0.401 e. The van der Waals surface area contributed by atoms with Gasteiger partial charge in [0.1, 0.15) is 5.69 Å². The molecule has 1 amide bonds. The minimum absolute atomic E-state index is 0.0341. The van der Waals surface area contributed by atoms with E-state index in [4.69, 9.17) is 0 Å². The van der Waals surface area contributed by atoms with Crippen molar-refractivity contribution in [3.8, 4) is 0 Å². The summed E-state index contributed by atoms with van der Waals surface area (Å²) in [6.45, 7) is -0.967. The van der Waals surface area contributed by atoms with Crippen molar-refractivity contribution in [3.63, 3.8) is 0 Å². The molecule has 2 rings (SSSR count). The van der Waals surface area contributed by atoms with E-state index in [1.54, 1.807) is 13.2 Å². The highest BCUT2D eigenvalue weighted by Gasteiger charge is 2.28. The Morgan fingerprint density at radius 3 is 2.74 bits per heavy atom. The van der Waals surface area contributed by atoms with Crippen LogP contribution in [0.15, 0.2) is 23.4 Å². The van der Waals surface area contributed by atoms with E-state index in [2.05, 4.69) is 10.3 Å². The Labute approximate surface area is 129 Å². The van der Waals surface area contributed by atoms with Crippen molar-refractivity contribution in [2.24, 2.45) is 7.05 Å². The predicted molar refractivity (Wildman–Crippen MR) is 76.3 cm³/mol. The van der Waals surface area contributed by atoms with Gasteiger partial charge < -0.3 is 14.3 Å². The van der Waals surface area contributed by atoms with Crippen LogP contribution in [0.2, 0.25) is 0 Å². The third-order valence-corrected chi connectivity index (χ3v) is 3.16. The fourth-order valence-electron chi connectivity index (χ4n) is 2.01. The molecular weight excluding hydrogens is 315 g/mol. The molecule has 0 fully saturated rings. The van der Waals surface area contributed by atoms with E-state index in [1.165, 1.54) is 28.4 Å². The maximum atomic E-state index is 12.2. The molecule has 2 aromatic rings. The second-order valence-electron chi connectivity index (χ2n) is 5.18. The molecule has 1 N–H and O–H groups in total. The molecule has 23 heavy (non-hydrogen) atoms. The Hall–Kier alpha value is -2.36. The number of nitrogens with zero attached hydrogens (tertiary/aromatic N) is 4. The molecule has 0 radical (unpaired) electrons. The molecule has 126 valence electrons. The van der Waals surface area contributed by atoms with Crippen molar-refractivity contribution < 1.29 is 18.0 Å². The first-order valence-corrected chi connectivity index (χ1v) is 6.75. The van der Waals surface area contributed by atoms with Gasteiger partial charge in [0.15, 0.2) is 0 Å². The smallest absolute Gasteiger partial charge is 0.349 e. The Bertz CT molecular complexity index is 765. The molecule has 0 spiro atoms. The zero-order chi connectivity index (χ0) is 17.2. The van der Waals surface area contributed by atoms with Crippen LogP contribution in [0.4, 0.5) is 13.2 Å². The fraction of sp³-hybridized carbons (Fsp3) is 0.462. The number of alkyl halides is 3. The highest BCUT2D eigenvalue weighted by molar-refractivity contribution is 5.92. The van der Waals surface area contributed by atoms with Gasteiger partial charge in [0.05, 0.1) is 6.54 Å². The monoisotopic (exact) mass is 331 g/mol. The van der Waals surface area contributed by atoms with Gasteiger partial charge in [0, 0.05) is 38.7 Å². The summed E-state index contributed by atoms with van der Waals surface area (Å²) in [5.74, 6) is -0.545. The fourth-order valence-corrected chi connectivity index (χ4v) is 2.01. The number of imidazole rings is 1. The van der Waals surface area contributed by atoms with Crippen LogP contribution in [-0.2, 0) is 7.05 Å². The van der Waals surface area contributed by atoms with Crippen LogP contribution in [0.25, 0.3) is 5.65 Å². The van der Waals surface area contributed by atoms with Gasteiger partial charge in [0.2, 0.25) is 5.65 Å². The van der Waals surface area contributed by atoms with Crippen LogP contribution in [0.3, 0.4) is 0 Å². The van der Waals surface area contributed by atoms with E-state index in [0.29, 0.717) is 0 Å². The molecule has 0 aliphatic carbocycles. The van der Waals surface area contributed by atoms with E-state index in [-0.39, 0.29) is 30.0 Å². The average molecular weight is 331 g/mol. The number of carbonyl (C=O) groups excluding carboxylic acids is 1. The molecule has 0 aliphatic heterocycles. The third-order valence-electron chi connectivity index (χ3n) is 3.16. The normalized spacial score (nSPS) is 12.1. The molecule has 0 saturated carbocycles. The second-order valence-corrected chi connectivity index (χ2v) is 5.18. The van der Waals surface area contributed by atoms with Crippen molar-refractivity contribution in [1.29, 1.82) is 0 Å². The van der Waals surface area contributed by atoms with E-state index >= 15 is 0 Å². The van der Waals surface area contributed by atoms with Gasteiger partial charge >= 0.3 is 6.18 Å². The number of carbonyl (C=O) groups is 1. The van der Waals surface area contributed by atoms with Gasteiger partial charge in [0.25, 0.3) is 11.5 Å². The molecule has 0 unspecified atom stereocenters. The van der Waals surface area contributed by atoms with Crippen molar-refractivity contribution in [2.45, 2.75) is 6.18 Å². The number of aryl methyl sites for hydroxylation is 1. The lowest BCUT2D eigenvalue weighted by Crippen LogP contribution is -2.37. The molecule has 0 saturated heterocycles. The van der Waals surface area contributed by atoms with Crippen LogP contribution in [0, 0.1) is 0 Å². The zero-order valence-electron chi connectivity index (χ0n) is 12.6. The summed E-state index contributed by atoms with van der Waals surface area (Å²) in [7, 11) is 2.88. The van der Waals surface area contributed by atoms with Crippen molar-refractivity contribution >= 4 is 11.6 Å². The number of nitrogens with one attached hydrogen (secondary N) is 1. The molecule has 0 bridgehead atoms. The summed E-state index contributed by atoms with van der Waals surface area (Å²) in [5.41, 5.74) is -0.211. The molecule has 0 aromatic carbocycles. The highest BCUT2D eigenvalue weighted by Crippen LogP contribution is 2.15. The van der Waals surface area contributed by atoms with Gasteiger partial charge in [-0.15, -0.1) is 0 Å². The van der Waals surface area contributed by atoms with Gasteiger partial charge in [-0.3, -0.25) is 14.5 Å². The van der Waals surface area contributed by atoms with E-state index in [1.807, 2.05) is 0 Å². The van der Waals surface area contributed by atoms with Crippen LogP contribution < -0.4 is 10.9 Å². The SMILES string of the molecule is CN(CCNC(=O)c1cn2ccn(C)c(=O)c2n1)CC(F)(F)F. The van der Waals surface area contributed by atoms with Gasteiger partial charge in [-0.1, -0.05) is 0 Å². The second kappa shape index (κ2) is 6.41. The van der Waals surface area contributed by atoms with Crippen LogP contribution in [0.1, 0.15) is 10.5 Å². The molecule has 2 aromatic heterocycles. The van der Waals surface area contributed by atoms with Gasteiger partial charge in [-0.05, 0) is 7.05 Å². The third kappa shape index (κ3) is 4.31. The minimum Gasteiger partial charge on any atom is -0.349 e. The first-order valence-electron chi connectivity index (χ1n) is 6.75. The van der Waals surface area contributed by atoms with Crippen LogP contribution in [0.5, 0.6) is 0 Å². The number of hydrogen-bond donors (Lipinski definition) is 1. The standard InChI is InChI=1S/C13H16F3N5O2/c1-19(8-13(14,15)16)4-3-17-11(22)9-7-21-6-5-20(2)12(23)10(21)18-9/h5-7H,3-4,8H2,1-2H3,(H,17,22). The lowest BCUT2D eigenvalue weighted by Gasteiger charge is -2.18.